The van der Waals surface area contributed by atoms with E-state index in [1.807, 2.05) is 16.8 Å². The fraction of sp³-hybridized carbons (Fsp3) is 0.500. The number of pyridine rings is 1. The summed E-state index contributed by atoms with van der Waals surface area (Å²) < 4.78 is 1.90. The Balaban J connectivity index is 1.82. The second kappa shape index (κ2) is 4.23. The van der Waals surface area contributed by atoms with Gasteiger partial charge < -0.3 is 15.1 Å². The standard InChI is InChI=1S/C16H18N4O2/c21-7-11-8-1-2-9(5-8)13(11)20-14-10-3-4-17-15(10)18-6-12(14)19-16(20)22/h3-4,6,8-9,11,13,21H,1-2,5,7H2,(H,17,18)(H,19,22)/t8-,9?,11-,13?/m1/s1. The van der Waals surface area contributed by atoms with Gasteiger partial charge in [-0.05, 0) is 37.2 Å². The molecule has 6 heteroatoms. The van der Waals surface area contributed by atoms with Crippen LogP contribution in [0.15, 0.2) is 23.3 Å². The molecule has 2 aliphatic rings. The van der Waals surface area contributed by atoms with Gasteiger partial charge in [-0.25, -0.2) is 9.78 Å². The van der Waals surface area contributed by atoms with E-state index in [0.717, 1.165) is 34.9 Å². The van der Waals surface area contributed by atoms with Crippen LogP contribution in [0.25, 0.3) is 22.1 Å². The molecule has 2 saturated carbocycles. The summed E-state index contributed by atoms with van der Waals surface area (Å²) in [5.74, 6) is 1.25. The fourth-order valence-corrected chi connectivity index (χ4v) is 4.95. The number of hydrogen-bond acceptors (Lipinski definition) is 3. The number of aliphatic hydroxyl groups excluding tert-OH is 1. The molecular formula is C16H18N4O2. The summed E-state index contributed by atoms with van der Waals surface area (Å²) in [5.41, 5.74) is 2.41. The first-order valence-electron chi connectivity index (χ1n) is 7.95. The molecule has 0 amide bonds. The maximum atomic E-state index is 12.6. The van der Waals surface area contributed by atoms with E-state index in [1.165, 1.54) is 6.42 Å². The van der Waals surface area contributed by atoms with Crippen LogP contribution < -0.4 is 5.69 Å². The van der Waals surface area contributed by atoms with Crippen molar-refractivity contribution in [3.8, 4) is 0 Å². The van der Waals surface area contributed by atoms with E-state index in [9.17, 15) is 9.90 Å². The zero-order chi connectivity index (χ0) is 14.8. The molecule has 114 valence electrons. The van der Waals surface area contributed by atoms with Gasteiger partial charge in [0, 0.05) is 30.1 Å². The zero-order valence-electron chi connectivity index (χ0n) is 12.1. The molecule has 2 unspecified atom stereocenters. The molecule has 2 bridgehead atoms. The van der Waals surface area contributed by atoms with E-state index in [4.69, 9.17) is 0 Å². The quantitative estimate of drug-likeness (QED) is 0.674. The molecule has 2 fully saturated rings. The SMILES string of the molecule is O=c1[nH]c2cnc3[nH]ccc3c2n1C1C2CC[C@H](C2)[C@H]1CO. The molecule has 3 aromatic rings. The number of H-pyrrole nitrogens is 2. The number of aromatic nitrogens is 4. The topological polar surface area (TPSA) is 86.7 Å². The molecule has 3 aromatic heterocycles. The number of imidazole rings is 1. The van der Waals surface area contributed by atoms with E-state index >= 15 is 0 Å². The van der Waals surface area contributed by atoms with Crippen LogP contribution in [-0.4, -0.2) is 31.2 Å². The lowest BCUT2D eigenvalue weighted by Gasteiger charge is -2.30. The van der Waals surface area contributed by atoms with Crippen molar-refractivity contribution in [2.24, 2.45) is 17.8 Å². The highest BCUT2D eigenvalue weighted by atomic mass is 16.3. The van der Waals surface area contributed by atoms with Gasteiger partial charge in [0.05, 0.1) is 17.2 Å². The van der Waals surface area contributed by atoms with Crippen LogP contribution in [0.3, 0.4) is 0 Å². The van der Waals surface area contributed by atoms with Gasteiger partial charge in [0.1, 0.15) is 5.65 Å². The fourth-order valence-electron chi connectivity index (χ4n) is 4.95. The molecule has 0 aromatic carbocycles. The van der Waals surface area contributed by atoms with Gasteiger partial charge in [0.15, 0.2) is 0 Å². The predicted molar refractivity (Wildman–Crippen MR) is 82.7 cm³/mol. The summed E-state index contributed by atoms with van der Waals surface area (Å²) in [5, 5.41) is 10.8. The minimum Gasteiger partial charge on any atom is -0.396 e. The van der Waals surface area contributed by atoms with Crippen LogP contribution in [0, 0.1) is 17.8 Å². The van der Waals surface area contributed by atoms with E-state index in [0.29, 0.717) is 11.8 Å². The van der Waals surface area contributed by atoms with Crippen LogP contribution in [-0.2, 0) is 0 Å². The number of nitrogens with zero attached hydrogens (tertiary/aromatic N) is 2. The molecule has 4 atom stereocenters. The third kappa shape index (κ3) is 1.43. The average Bonchev–Trinajstić information content (AvgIpc) is 3.27. The van der Waals surface area contributed by atoms with E-state index in [1.54, 1.807) is 6.20 Å². The number of aromatic amines is 2. The summed E-state index contributed by atoms with van der Waals surface area (Å²) >= 11 is 0. The van der Waals surface area contributed by atoms with Crippen LogP contribution in [0.5, 0.6) is 0 Å². The van der Waals surface area contributed by atoms with Gasteiger partial charge in [-0.1, -0.05) is 0 Å². The lowest BCUT2D eigenvalue weighted by atomic mass is 9.84. The maximum absolute atomic E-state index is 12.6. The Labute approximate surface area is 126 Å². The van der Waals surface area contributed by atoms with Crippen LogP contribution in [0.2, 0.25) is 0 Å². The number of hydrogen-bond donors (Lipinski definition) is 3. The summed E-state index contributed by atoms with van der Waals surface area (Å²) in [6.45, 7) is 0.159. The Bertz CT molecular complexity index is 921. The summed E-state index contributed by atoms with van der Waals surface area (Å²) in [4.78, 5) is 23.0. The van der Waals surface area contributed by atoms with Crippen LogP contribution >= 0.6 is 0 Å². The average molecular weight is 298 g/mol. The van der Waals surface area contributed by atoms with Crippen molar-refractivity contribution < 1.29 is 5.11 Å². The second-order valence-electron chi connectivity index (χ2n) is 6.73. The van der Waals surface area contributed by atoms with E-state index in [-0.39, 0.29) is 24.3 Å². The second-order valence-corrected chi connectivity index (χ2v) is 6.73. The summed E-state index contributed by atoms with van der Waals surface area (Å²) in [7, 11) is 0. The van der Waals surface area contributed by atoms with Crippen LogP contribution in [0.4, 0.5) is 0 Å². The third-order valence-electron chi connectivity index (χ3n) is 5.81. The first kappa shape index (κ1) is 12.5. The molecule has 0 saturated heterocycles. The number of rotatable bonds is 2. The van der Waals surface area contributed by atoms with Crippen molar-refractivity contribution in [3.05, 3.63) is 28.9 Å². The smallest absolute Gasteiger partial charge is 0.326 e. The molecule has 0 aliphatic heterocycles. The Kier molecular flexibility index (Phi) is 2.39. The van der Waals surface area contributed by atoms with Crippen LogP contribution in [0.1, 0.15) is 25.3 Å². The van der Waals surface area contributed by atoms with Gasteiger partial charge in [-0.15, -0.1) is 0 Å². The molecule has 22 heavy (non-hydrogen) atoms. The molecule has 2 aliphatic carbocycles. The van der Waals surface area contributed by atoms with E-state index < -0.39 is 0 Å². The maximum Gasteiger partial charge on any atom is 0.326 e. The Morgan fingerprint density at radius 1 is 1.36 bits per heavy atom. The highest BCUT2D eigenvalue weighted by molar-refractivity contribution is 6.00. The molecule has 0 radical (unpaired) electrons. The van der Waals surface area contributed by atoms with E-state index in [2.05, 4.69) is 15.0 Å². The molecule has 5 rings (SSSR count). The minimum absolute atomic E-state index is 0.0819. The van der Waals surface area contributed by atoms with Crippen molar-refractivity contribution in [1.82, 2.24) is 19.5 Å². The van der Waals surface area contributed by atoms with Crippen molar-refractivity contribution in [2.45, 2.75) is 25.3 Å². The lowest BCUT2D eigenvalue weighted by molar-refractivity contribution is 0.129. The first-order valence-corrected chi connectivity index (χ1v) is 7.95. The van der Waals surface area contributed by atoms with Crippen molar-refractivity contribution in [2.75, 3.05) is 6.61 Å². The molecule has 6 nitrogen and oxygen atoms in total. The van der Waals surface area contributed by atoms with Gasteiger partial charge in [0.25, 0.3) is 0 Å². The van der Waals surface area contributed by atoms with Gasteiger partial charge in [0.2, 0.25) is 0 Å². The first-order chi connectivity index (χ1) is 10.8. The number of fused-ring (bicyclic) bond motifs is 5. The number of aliphatic hydroxyl groups is 1. The molecule has 3 heterocycles. The molecule has 3 N–H and O–H groups in total. The summed E-state index contributed by atoms with van der Waals surface area (Å²) in [6, 6.07) is 2.07. The Hall–Kier alpha value is -2.08. The lowest BCUT2D eigenvalue weighted by Crippen LogP contribution is -2.33. The monoisotopic (exact) mass is 298 g/mol. The highest BCUT2D eigenvalue weighted by Crippen LogP contribution is 2.54. The predicted octanol–water partition coefficient (Wildman–Crippen LogP) is 1.79. The van der Waals surface area contributed by atoms with Gasteiger partial charge in [-0.2, -0.15) is 0 Å². The normalized spacial score (nSPS) is 30.8. The largest absolute Gasteiger partial charge is 0.396 e. The molecular weight excluding hydrogens is 280 g/mol. The minimum atomic E-state index is -0.0819. The zero-order valence-corrected chi connectivity index (χ0v) is 12.1. The number of nitrogens with one attached hydrogen (secondary N) is 2. The molecule has 0 spiro atoms. The van der Waals surface area contributed by atoms with Gasteiger partial charge >= 0.3 is 5.69 Å². The highest BCUT2D eigenvalue weighted by Gasteiger charge is 2.49. The van der Waals surface area contributed by atoms with Crippen molar-refractivity contribution in [1.29, 1.82) is 0 Å². The Morgan fingerprint density at radius 3 is 3.09 bits per heavy atom. The summed E-state index contributed by atoms with van der Waals surface area (Å²) in [6.07, 6.45) is 7.05. The Morgan fingerprint density at radius 2 is 2.23 bits per heavy atom. The van der Waals surface area contributed by atoms with Crippen molar-refractivity contribution >= 4 is 22.1 Å². The van der Waals surface area contributed by atoms with Crippen molar-refractivity contribution in [3.63, 3.8) is 0 Å². The third-order valence-corrected chi connectivity index (χ3v) is 5.81. The van der Waals surface area contributed by atoms with Gasteiger partial charge in [-0.3, -0.25) is 4.57 Å².